The zero-order chi connectivity index (χ0) is 14.9. The highest BCUT2D eigenvalue weighted by Crippen LogP contribution is 2.20. The van der Waals surface area contributed by atoms with E-state index in [4.69, 9.17) is 4.52 Å². The predicted molar refractivity (Wildman–Crippen MR) is 72.2 cm³/mol. The van der Waals surface area contributed by atoms with Gasteiger partial charge in [0.2, 0.25) is 5.89 Å². The van der Waals surface area contributed by atoms with Crippen molar-refractivity contribution >= 4 is 5.91 Å². The highest BCUT2D eigenvalue weighted by Gasteiger charge is 2.24. The third-order valence-corrected chi connectivity index (χ3v) is 2.91. The number of aromatic nitrogens is 4. The number of carbonyl (C=O) groups excluding carboxylic acids is 1. The van der Waals surface area contributed by atoms with Crippen molar-refractivity contribution in [2.24, 2.45) is 0 Å². The lowest BCUT2D eigenvalue weighted by atomic mass is 9.96. The van der Waals surface area contributed by atoms with Gasteiger partial charge in [-0.2, -0.15) is 10.1 Å². The average Bonchev–Trinajstić information content (AvgIpc) is 2.95. The molecule has 0 saturated heterocycles. The molecule has 1 unspecified atom stereocenters. The molecule has 7 nitrogen and oxygen atoms in total. The van der Waals surface area contributed by atoms with Gasteiger partial charge in [-0.3, -0.25) is 9.89 Å². The van der Waals surface area contributed by atoms with Crippen LogP contribution in [0.15, 0.2) is 10.7 Å². The van der Waals surface area contributed by atoms with Crippen molar-refractivity contribution in [3.05, 3.63) is 29.2 Å². The fourth-order valence-corrected chi connectivity index (χ4v) is 1.63. The summed E-state index contributed by atoms with van der Waals surface area (Å²) in [6, 6.07) is -0.361. The van der Waals surface area contributed by atoms with Crippen LogP contribution >= 0.6 is 0 Å². The minimum atomic E-state index is -0.361. The van der Waals surface area contributed by atoms with Crippen molar-refractivity contribution in [3.8, 4) is 0 Å². The lowest BCUT2D eigenvalue weighted by Crippen LogP contribution is -2.27. The zero-order valence-corrected chi connectivity index (χ0v) is 12.3. The molecule has 0 aromatic carbocycles. The van der Waals surface area contributed by atoms with Gasteiger partial charge < -0.3 is 9.84 Å². The molecule has 7 heteroatoms. The van der Waals surface area contributed by atoms with Crippen molar-refractivity contribution in [3.63, 3.8) is 0 Å². The molecule has 2 aromatic rings. The van der Waals surface area contributed by atoms with Gasteiger partial charge in [-0.1, -0.05) is 25.9 Å². The molecule has 2 rings (SSSR count). The Hall–Kier alpha value is -2.18. The summed E-state index contributed by atoms with van der Waals surface area (Å²) in [6.07, 6.45) is 1.49. The molecular weight excluding hydrogens is 258 g/mol. The molecule has 20 heavy (non-hydrogen) atoms. The Kier molecular flexibility index (Phi) is 3.61. The van der Waals surface area contributed by atoms with Crippen molar-refractivity contribution in [1.82, 2.24) is 25.7 Å². The average molecular weight is 277 g/mol. The van der Waals surface area contributed by atoms with E-state index in [9.17, 15) is 4.79 Å². The van der Waals surface area contributed by atoms with E-state index in [-0.39, 0.29) is 17.4 Å². The van der Waals surface area contributed by atoms with E-state index in [1.165, 1.54) is 6.20 Å². The SMILES string of the molecule is Cc1[nH]ncc1C(=O)NC(C)c1nc(C(C)(C)C)no1. The largest absolute Gasteiger partial charge is 0.340 e. The van der Waals surface area contributed by atoms with Crippen LogP contribution in [0.5, 0.6) is 0 Å². The molecule has 0 aliphatic heterocycles. The van der Waals surface area contributed by atoms with E-state index in [0.717, 1.165) is 5.69 Å². The molecule has 0 aliphatic carbocycles. The summed E-state index contributed by atoms with van der Waals surface area (Å²) in [5, 5.41) is 13.3. The quantitative estimate of drug-likeness (QED) is 0.893. The number of hydrogen-bond donors (Lipinski definition) is 2. The highest BCUT2D eigenvalue weighted by molar-refractivity contribution is 5.95. The second kappa shape index (κ2) is 5.07. The molecule has 0 radical (unpaired) electrons. The van der Waals surface area contributed by atoms with Crippen molar-refractivity contribution < 1.29 is 9.32 Å². The molecule has 2 aromatic heterocycles. The Labute approximate surface area is 117 Å². The molecule has 0 aliphatic rings. The molecular formula is C13H19N5O2. The monoisotopic (exact) mass is 277 g/mol. The number of carbonyl (C=O) groups is 1. The minimum Gasteiger partial charge on any atom is -0.340 e. The van der Waals surface area contributed by atoms with E-state index in [1.54, 1.807) is 13.8 Å². The first-order valence-electron chi connectivity index (χ1n) is 6.44. The van der Waals surface area contributed by atoms with Crippen LogP contribution < -0.4 is 5.32 Å². The second-order valence-corrected chi connectivity index (χ2v) is 5.81. The molecule has 0 spiro atoms. The normalized spacial score (nSPS) is 13.2. The Balaban J connectivity index is 2.09. The third kappa shape index (κ3) is 2.87. The molecule has 0 saturated carbocycles. The second-order valence-electron chi connectivity index (χ2n) is 5.81. The molecule has 2 heterocycles. The van der Waals surface area contributed by atoms with Crippen LogP contribution in [-0.4, -0.2) is 26.2 Å². The van der Waals surface area contributed by atoms with Gasteiger partial charge in [0.15, 0.2) is 5.82 Å². The Morgan fingerprint density at radius 2 is 2.15 bits per heavy atom. The van der Waals surface area contributed by atoms with Crippen molar-refractivity contribution in [2.45, 2.75) is 46.1 Å². The lowest BCUT2D eigenvalue weighted by molar-refractivity contribution is 0.0932. The Morgan fingerprint density at radius 1 is 1.45 bits per heavy atom. The smallest absolute Gasteiger partial charge is 0.255 e. The third-order valence-electron chi connectivity index (χ3n) is 2.91. The maximum absolute atomic E-state index is 12.1. The van der Waals surface area contributed by atoms with Crippen LogP contribution in [0.2, 0.25) is 0 Å². The summed E-state index contributed by atoms with van der Waals surface area (Å²) in [7, 11) is 0. The molecule has 1 atom stereocenters. The van der Waals surface area contributed by atoms with Crippen LogP contribution in [0.4, 0.5) is 0 Å². The summed E-state index contributed by atoms with van der Waals surface area (Å²) in [5.74, 6) is 0.789. The van der Waals surface area contributed by atoms with Crippen LogP contribution in [0.3, 0.4) is 0 Å². The summed E-state index contributed by atoms with van der Waals surface area (Å²) >= 11 is 0. The Morgan fingerprint density at radius 3 is 2.65 bits per heavy atom. The molecule has 108 valence electrons. The lowest BCUT2D eigenvalue weighted by Gasteiger charge is -2.11. The van der Waals surface area contributed by atoms with Crippen LogP contribution in [0, 0.1) is 6.92 Å². The first-order chi connectivity index (χ1) is 9.29. The van der Waals surface area contributed by atoms with E-state index in [0.29, 0.717) is 17.3 Å². The van der Waals surface area contributed by atoms with Crippen molar-refractivity contribution in [2.75, 3.05) is 0 Å². The summed E-state index contributed by atoms with van der Waals surface area (Å²) < 4.78 is 5.20. The molecule has 2 N–H and O–H groups in total. The summed E-state index contributed by atoms with van der Waals surface area (Å²) in [4.78, 5) is 16.4. The number of aromatic amines is 1. The van der Waals surface area contributed by atoms with Gasteiger partial charge in [0, 0.05) is 11.1 Å². The van der Waals surface area contributed by atoms with Gasteiger partial charge >= 0.3 is 0 Å². The number of rotatable bonds is 3. The topological polar surface area (TPSA) is 96.7 Å². The fraction of sp³-hybridized carbons (Fsp3) is 0.538. The van der Waals surface area contributed by atoms with E-state index in [2.05, 4.69) is 25.7 Å². The molecule has 0 fully saturated rings. The van der Waals surface area contributed by atoms with Crippen LogP contribution in [0.1, 0.15) is 61.5 Å². The summed E-state index contributed by atoms with van der Waals surface area (Å²) in [5.41, 5.74) is 1.04. The zero-order valence-electron chi connectivity index (χ0n) is 12.3. The van der Waals surface area contributed by atoms with E-state index >= 15 is 0 Å². The number of nitrogens with zero attached hydrogens (tertiary/aromatic N) is 3. The minimum absolute atomic E-state index is 0.188. The van der Waals surface area contributed by atoms with Gasteiger partial charge in [-0.25, -0.2) is 0 Å². The maximum Gasteiger partial charge on any atom is 0.255 e. The van der Waals surface area contributed by atoms with Crippen LogP contribution in [0.25, 0.3) is 0 Å². The fourth-order valence-electron chi connectivity index (χ4n) is 1.63. The van der Waals surface area contributed by atoms with Crippen LogP contribution in [-0.2, 0) is 5.41 Å². The predicted octanol–water partition coefficient (Wildman–Crippen LogP) is 1.89. The first kappa shape index (κ1) is 14.2. The van der Waals surface area contributed by atoms with Gasteiger partial charge in [0.05, 0.1) is 11.8 Å². The molecule has 1 amide bonds. The molecule has 0 bridgehead atoms. The van der Waals surface area contributed by atoms with E-state index < -0.39 is 0 Å². The standard InChI is InChI=1S/C13H19N5O2/c1-7-9(6-14-17-7)10(19)15-8(2)11-16-12(18-20-11)13(3,4)5/h6,8H,1-5H3,(H,14,17)(H,15,19). The number of amides is 1. The number of hydrogen-bond acceptors (Lipinski definition) is 5. The first-order valence-corrected chi connectivity index (χ1v) is 6.44. The Bertz CT molecular complexity index is 608. The van der Waals surface area contributed by atoms with Gasteiger partial charge in [-0.15, -0.1) is 0 Å². The van der Waals surface area contributed by atoms with Gasteiger partial charge in [0.1, 0.15) is 6.04 Å². The maximum atomic E-state index is 12.1. The number of aryl methyl sites for hydroxylation is 1. The van der Waals surface area contributed by atoms with Gasteiger partial charge in [0.25, 0.3) is 5.91 Å². The summed E-state index contributed by atoms with van der Waals surface area (Å²) in [6.45, 7) is 9.59. The highest BCUT2D eigenvalue weighted by atomic mass is 16.5. The van der Waals surface area contributed by atoms with Crippen molar-refractivity contribution in [1.29, 1.82) is 0 Å². The number of H-pyrrole nitrogens is 1. The number of nitrogens with one attached hydrogen (secondary N) is 2. The van der Waals surface area contributed by atoms with E-state index in [1.807, 2.05) is 20.8 Å². The van der Waals surface area contributed by atoms with Gasteiger partial charge in [-0.05, 0) is 13.8 Å².